The highest BCUT2D eigenvalue weighted by molar-refractivity contribution is 7.89. The molecule has 118 valence electrons. The third-order valence-corrected chi connectivity index (χ3v) is 5.83. The van der Waals surface area contributed by atoms with Gasteiger partial charge in [-0.1, -0.05) is 37.3 Å². The van der Waals surface area contributed by atoms with Crippen molar-refractivity contribution in [3.05, 3.63) is 47.8 Å². The van der Waals surface area contributed by atoms with Gasteiger partial charge >= 0.3 is 0 Å². The Morgan fingerprint density at radius 3 is 3.09 bits per heavy atom. The van der Waals surface area contributed by atoms with Gasteiger partial charge < -0.3 is 4.18 Å². The molecule has 3 nitrogen and oxygen atoms in total. The maximum absolute atomic E-state index is 12.3. The molecule has 2 saturated carbocycles. The van der Waals surface area contributed by atoms with Crippen molar-refractivity contribution in [2.45, 2.75) is 39.0 Å². The predicted molar refractivity (Wildman–Crippen MR) is 88.9 cm³/mol. The molecule has 0 heterocycles. The van der Waals surface area contributed by atoms with Crippen LogP contribution in [-0.2, 0) is 8.98 Å². The molecule has 3 unspecified atom stereocenters. The zero-order chi connectivity index (χ0) is 15.7. The van der Waals surface area contributed by atoms with E-state index < -0.39 is 0 Å². The number of hydrogen-bond donors (Lipinski definition) is 1. The van der Waals surface area contributed by atoms with Crippen LogP contribution in [0.2, 0.25) is 0 Å². The van der Waals surface area contributed by atoms with Crippen molar-refractivity contribution < 1.29 is 13.5 Å². The molecular weight excluding hydrogens is 296 g/mol. The van der Waals surface area contributed by atoms with E-state index in [1.165, 1.54) is 11.1 Å². The summed E-state index contributed by atoms with van der Waals surface area (Å²) in [5.41, 5.74) is 2.62. The van der Waals surface area contributed by atoms with Gasteiger partial charge in [-0.25, -0.2) is 0 Å². The molecule has 0 bridgehead atoms. The van der Waals surface area contributed by atoms with E-state index in [-0.39, 0.29) is 5.41 Å². The summed E-state index contributed by atoms with van der Waals surface area (Å²) in [6.07, 6.45) is 13.1. The van der Waals surface area contributed by atoms with Crippen LogP contribution in [0, 0.1) is 17.3 Å². The molecule has 0 amide bonds. The number of rotatable bonds is 4. The third kappa shape index (κ3) is 2.59. The second-order valence-corrected chi connectivity index (χ2v) is 6.94. The van der Waals surface area contributed by atoms with Crippen molar-refractivity contribution in [2.75, 3.05) is 0 Å². The Morgan fingerprint density at radius 2 is 2.32 bits per heavy atom. The maximum Gasteiger partial charge on any atom is 0.222 e. The molecule has 3 atom stereocenters. The molecule has 0 aromatic carbocycles. The first kappa shape index (κ1) is 15.6. The van der Waals surface area contributed by atoms with Crippen LogP contribution in [0.4, 0.5) is 0 Å². The average molecular weight is 318 g/mol. The van der Waals surface area contributed by atoms with Crippen molar-refractivity contribution in [1.29, 1.82) is 0 Å². The molecule has 3 rings (SSSR count). The lowest BCUT2D eigenvalue weighted by molar-refractivity contribution is -0.127. The fourth-order valence-electron chi connectivity index (χ4n) is 4.34. The summed E-state index contributed by atoms with van der Waals surface area (Å²) in [7, 11) is 0. The lowest BCUT2D eigenvalue weighted by Crippen LogP contribution is -2.37. The lowest BCUT2D eigenvalue weighted by Gasteiger charge is -2.43. The van der Waals surface area contributed by atoms with Crippen LogP contribution in [0.1, 0.15) is 39.0 Å². The number of fused-ring (bicyclic) bond motifs is 3. The number of carbonyl (C=O) groups excluding carboxylic acids is 1. The molecule has 0 spiro atoms. The average Bonchev–Trinajstić information content (AvgIpc) is 2.81. The van der Waals surface area contributed by atoms with Gasteiger partial charge in [-0.15, -0.1) is 0 Å². The zero-order valence-electron chi connectivity index (χ0n) is 12.9. The number of carbonyl (C=O) groups is 1. The summed E-state index contributed by atoms with van der Waals surface area (Å²) in [5, 5.41) is 0. The van der Waals surface area contributed by atoms with E-state index in [4.69, 9.17) is 8.74 Å². The fourth-order valence-corrected chi connectivity index (χ4v) is 4.49. The normalized spacial score (nSPS) is 34.0. The molecule has 0 saturated heterocycles. The Balaban J connectivity index is 1.78. The molecule has 3 aliphatic carbocycles. The minimum absolute atomic E-state index is 0.130. The van der Waals surface area contributed by atoms with Gasteiger partial charge in [0.2, 0.25) is 12.3 Å². The highest BCUT2D eigenvalue weighted by Gasteiger charge is 2.51. The van der Waals surface area contributed by atoms with E-state index >= 15 is 0 Å². The van der Waals surface area contributed by atoms with E-state index in [0.717, 1.165) is 32.1 Å². The summed E-state index contributed by atoms with van der Waals surface area (Å²) >= 11 is 0.312. The molecule has 0 aromatic heterocycles. The summed E-state index contributed by atoms with van der Waals surface area (Å²) < 4.78 is 13.5. The van der Waals surface area contributed by atoms with Gasteiger partial charge in [-0.3, -0.25) is 9.35 Å². The van der Waals surface area contributed by atoms with E-state index in [2.05, 4.69) is 25.7 Å². The van der Waals surface area contributed by atoms with Gasteiger partial charge in [-0.2, -0.15) is 0 Å². The smallest absolute Gasteiger partial charge is 0.222 e. The Bertz CT molecular complexity index is 587. The van der Waals surface area contributed by atoms with Crippen molar-refractivity contribution in [3.63, 3.8) is 0 Å². The molecule has 0 aliphatic heterocycles. The highest BCUT2D eigenvalue weighted by Crippen LogP contribution is 2.56. The molecule has 4 heteroatoms. The van der Waals surface area contributed by atoms with Gasteiger partial charge in [0.05, 0.1) is 0 Å². The zero-order valence-corrected chi connectivity index (χ0v) is 13.7. The summed E-state index contributed by atoms with van der Waals surface area (Å²) in [6, 6.07) is 0. The van der Waals surface area contributed by atoms with Crippen molar-refractivity contribution >= 4 is 18.1 Å². The summed E-state index contributed by atoms with van der Waals surface area (Å²) in [5.74, 6) is 1.72. The molecular formula is C18H22O3S. The number of allylic oxidation sites excluding steroid dienone is 6. The van der Waals surface area contributed by atoms with Crippen molar-refractivity contribution in [1.82, 2.24) is 0 Å². The number of ketones is 1. The van der Waals surface area contributed by atoms with Crippen LogP contribution in [0.25, 0.3) is 0 Å². The summed E-state index contributed by atoms with van der Waals surface area (Å²) in [6.45, 7) is 5.89. The Hall–Kier alpha value is -1.26. The fraction of sp³-hybridized carbons (Fsp3) is 0.500. The molecule has 1 N–H and O–H groups in total. The first-order chi connectivity index (χ1) is 10.6. The third-order valence-electron chi connectivity index (χ3n) is 5.54. The van der Waals surface area contributed by atoms with E-state index in [1.807, 2.05) is 6.08 Å². The van der Waals surface area contributed by atoms with Crippen LogP contribution >= 0.6 is 12.3 Å². The first-order valence-corrected chi connectivity index (χ1v) is 8.54. The number of Topliss-reactive ketones (excluding diaryl/α,β-unsaturated/α-hetero) is 1. The standard InChI is InChI=1S/C18H22O3S/c1-12(21-22-20)6-7-13-4-3-5-15-14(13)10-11-18(2)16(15)8-9-17(18)19/h4-7,14,16,20H,1,3,8-11H2,2H3/b7-6-. The van der Waals surface area contributed by atoms with Crippen LogP contribution in [0.15, 0.2) is 47.8 Å². The van der Waals surface area contributed by atoms with Gasteiger partial charge in [0, 0.05) is 17.8 Å². The topological polar surface area (TPSA) is 46.5 Å². The van der Waals surface area contributed by atoms with Crippen LogP contribution < -0.4 is 0 Å². The minimum Gasteiger partial charge on any atom is -0.401 e. The predicted octanol–water partition coefficient (Wildman–Crippen LogP) is 4.85. The van der Waals surface area contributed by atoms with Gasteiger partial charge in [0.25, 0.3) is 0 Å². The lowest BCUT2D eigenvalue weighted by atomic mass is 9.60. The number of hydrogen-bond acceptors (Lipinski definition) is 4. The Labute approximate surface area is 136 Å². The summed E-state index contributed by atoms with van der Waals surface area (Å²) in [4.78, 5) is 12.3. The van der Waals surface area contributed by atoms with Gasteiger partial charge in [0.1, 0.15) is 11.5 Å². The SMILES string of the molecule is C=C(/C=C\C1=CCC=C2C1CCC1(C)C(=O)CCC21)OSO. The minimum atomic E-state index is -0.130. The molecule has 0 aromatic rings. The molecule has 3 aliphatic rings. The second-order valence-electron chi connectivity index (χ2n) is 6.62. The second kappa shape index (κ2) is 6.09. The monoisotopic (exact) mass is 318 g/mol. The van der Waals surface area contributed by atoms with E-state index in [0.29, 0.717) is 35.7 Å². The van der Waals surface area contributed by atoms with E-state index in [1.54, 1.807) is 6.08 Å². The highest BCUT2D eigenvalue weighted by atomic mass is 32.2. The Morgan fingerprint density at radius 1 is 1.50 bits per heavy atom. The quantitative estimate of drug-likeness (QED) is 0.348. The molecule has 2 fully saturated rings. The maximum atomic E-state index is 12.3. The largest absolute Gasteiger partial charge is 0.401 e. The van der Waals surface area contributed by atoms with Crippen LogP contribution in [0.3, 0.4) is 0 Å². The van der Waals surface area contributed by atoms with Gasteiger partial charge in [0.15, 0.2) is 0 Å². The van der Waals surface area contributed by atoms with Gasteiger partial charge in [-0.05, 0) is 43.3 Å². The van der Waals surface area contributed by atoms with Crippen LogP contribution in [-0.4, -0.2) is 10.3 Å². The van der Waals surface area contributed by atoms with E-state index in [9.17, 15) is 4.79 Å². The van der Waals surface area contributed by atoms with Crippen LogP contribution in [0.5, 0.6) is 0 Å². The van der Waals surface area contributed by atoms with Crippen molar-refractivity contribution in [2.24, 2.45) is 17.3 Å². The van der Waals surface area contributed by atoms with Crippen molar-refractivity contribution in [3.8, 4) is 0 Å². The Kier molecular flexibility index (Phi) is 4.33. The first-order valence-electron chi connectivity index (χ1n) is 7.84. The molecule has 22 heavy (non-hydrogen) atoms. The molecule has 0 radical (unpaired) electrons.